The number of rotatable bonds is 4. The third-order valence-corrected chi connectivity index (χ3v) is 4.68. The number of anilines is 1. The fraction of sp³-hybridized carbons (Fsp3) is 0. The Bertz CT molecular complexity index is 882. The van der Waals surface area contributed by atoms with Gasteiger partial charge in [0.15, 0.2) is 5.82 Å². The predicted molar refractivity (Wildman–Crippen MR) is 72.8 cm³/mol. The summed E-state index contributed by atoms with van der Waals surface area (Å²) in [7, 11) is -8.52. The van der Waals surface area contributed by atoms with Gasteiger partial charge in [0.25, 0.3) is 10.0 Å². The third kappa shape index (κ3) is 3.35. The summed E-state index contributed by atoms with van der Waals surface area (Å²) in [6, 6.07) is 7.25. The molecule has 0 bridgehead atoms. The van der Waals surface area contributed by atoms with Gasteiger partial charge in [-0.25, -0.2) is 22.9 Å². The topological polar surface area (TPSA) is 119 Å². The molecule has 0 amide bonds. The number of hydrogen-bond acceptors (Lipinski definition) is 5. The summed E-state index contributed by atoms with van der Waals surface area (Å²) in [5.41, 5.74) is -0.287. The Hall–Kier alpha value is -2.04. The van der Waals surface area contributed by atoms with Crippen LogP contribution in [0.25, 0.3) is 0 Å². The van der Waals surface area contributed by atoms with Crippen LogP contribution < -0.4 is 9.86 Å². The first-order valence-corrected chi connectivity index (χ1v) is 8.50. The van der Waals surface area contributed by atoms with Crippen molar-refractivity contribution in [3.8, 4) is 0 Å². The van der Waals surface area contributed by atoms with Crippen LogP contribution in [0, 0.1) is 5.82 Å². The van der Waals surface area contributed by atoms with Crippen LogP contribution in [-0.2, 0) is 20.0 Å². The fourth-order valence-electron chi connectivity index (χ4n) is 1.56. The van der Waals surface area contributed by atoms with Gasteiger partial charge in [-0.05, 0) is 24.3 Å². The van der Waals surface area contributed by atoms with Gasteiger partial charge in [0.2, 0.25) is 15.0 Å². The van der Waals surface area contributed by atoms with Crippen LogP contribution in [-0.4, -0.2) is 21.8 Å². The van der Waals surface area contributed by atoms with Crippen molar-refractivity contribution in [2.75, 3.05) is 4.72 Å². The summed E-state index contributed by atoms with van der Waals surface area (Å²) in [6.07, 6.45) is 1.10. The summed E-state index contributed by atoms with van der Waals surface area (Å²) < 4.78 is 62.4. The number of benzene rings is 1. The number of nitrogens with one attached hydrogen (secondary N) is 1. The zero-order chi connectivity index (χ0) is 15.7. The summed E-state index contributed by atoms with van der Waals surface area (Å²) in [5, 5.41) is 4.15. The lowest BCUT2D eigenvalue weighted by Crippen LogP contribution is -2.20. The third-order valence-electron chi connectivity index (χ3n) is 2.42. The number of nitrogens with two attached hydrogens (primary N) is 1. The SMILES string of the molecule is NS(=O)(=O)c1ccccc1NS(=O)(=O)c1ncccc1F. The van der Waals surface area contributed by atoms with E-state index in [9.17, 15) is 21.2 Å². The normalized spacial score (nSPS) is 12.1. The molecule has 0 fully saturated rings. The van der Waals surface area contributed by atoms with Gasteiger partial charge >= 0.3 is 0 Å². The fourth-order valence-corrected chi connectivity index (χ4v) is 3.41. The molecular weight excluding hydrogens is 321 g/mol. The molecule has 2 rings (SSSR count). The number of aromatic nitrogens is 1. The first-order chi connectivity index (χ1) is 9.72. The lowest BCUT2D eigenvalue weighted by Gasteiger charge is -2.11. The van der Waals surface area contributed by atoms with Crippen LogP contribution in [0.4, 0.5) is 10.1 Å². The number of pyridine rings is 1. The summed E-state index contributed by atoms with van der Waals surface area (Å²) >= 11 is 0. The van der Waals surface area contributed by atoms with E-state index in [1.165, 1.54) is 24.3 Å². The number of nitrogens with zero attached hydrogens (tertiary/aromatic N) is 1. The first kappa shape index (κ1) is 15.4. The smallest absolute Gasteiger partial charge is 0.277 e. The van der Waals surface area contributed by atoms with Crippen LogP contribution in [0.5, 0.6) is 0 Å². The number of halogens is 1. The molecule has 0 radical (unpaired) electrons. The number of hydrogen-bond donors (Lipinski definition) is 2. The Balaban J connectivity index is 2.51. The number of primary sulfonamides is 1. The van der Waals surface area contributed by atoms with Crippen molar-refractivity contribution in [2.24, 2.45) is 5.14 Å². The van der Waals surface area contributed by atoms with Gasteiger partial charge in [-0.1, -0.05) is 12.1 Å². The molecule has 0 aliphatic heterocycles. The van der Waals surface area contributed by atoms with Gasteiger partial charge in [-0.3, -0.25) is 4.72 Å². The van der Waals surface area contributed by atoms with Crippen molar-refractivity contribution >= 4 is 25.7 Å². The Morgan fingerprint density at radius 2 is 1.71 bits per heavy atom. The number of para-hydroxylation sites is 1. The Morgan fingerprint density at radius 1 is 1.05 bits per heavy atom. The molecule has 1 aromatic heterocycles. The van der Waals surface area contributed by atoms with Crippen LogP contribution in [0.1, 0.15) is 0 Å². The molecule has 0 aliphatic carbocycles. The molecule has 1 heterocycles. The van der Waals surface area contributed by atoms with E-state index in [2.05, 4.69) is 4.98 Å². The molecule has 1 aromatic carbocycles. The standard InChI is InChI=1S/C11H10FN3O4S2/c12-8-4-3-7-14-11(8)21(18,19)15-9-5-1-2-6-10(9)20(13,16)17/h1-7,15H,(H2,13,16,17). The molecule has 112 valence electrons. The molecule has 0 spiro atoms. The van der Waals surface area contributed by atoms with E-state index in [-0.39, 0.29) is 5.69 Å². The van der Waals surface area contributed by atoms with Crippen LogP contribution in [0.3, 0.4) is 0 Å². The first-order valence-electron chi connectivity index (χ1n) is 5.47. The molecule has 7 nitrogen and oxygen atoms in total. The molecule has 0 saturated heterocycles. The molecule has 0 saturated carbocycles. The van der Waals surface area contributed by atoms with Crippen molar-refractivity contribution in [1.29, 1.82) is 0 Å². The van der Waals surface area contributed by atoms with Gasteiger partial charge < -0.3 is 0 Å². The number of sulfonamides is 2. The van der Waals surface area contributed by atoms with E-state index in [0.29, 0.717) is 0 Å². The van der Waals surface area contributed by atoms with E-state index >= 15 is 0 Å². The second-order valence-corrected chi connectivity index (χ2v) is 7.06. The van der Waals surface area contributed by atoms with E-state index in [4.69, 9.17) is 5.14 Å². The molecule has 3 N–H and O–H groups in total. The van der Waals surface area contributed by atoms with E-state index in [1.54, 1.807) is 0 Å². The zero-order valence-corrected chi connectivity index (χ0v) is 12.0. The molecular formula is C11H10FN3O4S2. The van der Waals surface area contributed by atoms with Crippen LogP contribution >= 0.6 is 0 Å². The minimum Gasteiger partial charge on any atom is -0.277 e. The van der Waals surface area contributed by atoms with Gasteiger partial charge in [-0.2, -0.15) is 8.42 Å². The summed E-state index contributed by atoms with van der Waals surface area (Å²) in [5.74, 6) is -1.06. The zero-order valence-electron chi connectivity index (χ0n) is 10.4. The van der Waals surface area contributed by atoms with Crippen molar-refractivity contribution in [1.82, 2.24) is 4.98 Å². The minimum absolute atomic E-state index is 0.287. The highest BCUT2D eigenvalue weighted by molar-refractivity contribution is 7.93. The van der Waals surface area contributed by atoms with Crippen molar-refractivity contribution in [3.05, 3.63) is 48.4 Å². The van der Waals surface area contributed by atoms with Gasteiger partial charge in [0.05, 0.1) is 5.69 Å². The lowest BCUT2D eigenvalue weighted by atomic mass is 10.3. The Labute approximate surface area is 120 Å². The molecule has 10 heteroatoms. The van der Waals surface area contributed by atoms with Crippen molar-refractivity contribution in [3.63, 3.8) is 0 Å². The van der Waals surface area contributed by atoms with Gasteiger partial charge in [0, 0.05) is 6.20 Å². The molecule has 0 unspecified atom stereocenters. The Kier molecular flexibility index (Phi) is 3.94. The maximum Gasteiger partial charge on any atom is 0.282 e. The molecule has 2 aromatic rings. The summed E-state index contributed by atoms with van der Waals surface area (Å²) in [6.45, 7) is 0. The van der Waals surface area contributed by atoms with Gasteiger partial charge in [-0.15, -0.1) is 0 Å². The second-order valence-electron chi connectivity index (χ2n) is 3.94. The average Bonchev–Trinajstić information content (AvgIpc) is 2.38. The largest absolute Gasteiger partial charge is 0.282 e. The predicted octanol–water partition coefficient (Wildman–Crippen LogP) is 0.669. The van der Waals surface area contributed by atoms with Crippen molar-refractivity contribution in [2.45, 2.75) is 9.92 Å². The quantitative estimate of drug-likeness (QED) is 0.853. The Morgan fingerprint density at radius 3 is 2.33 bits per heavy atom. The van der Waals surface area contributed by atoms with E-state index < -0.39 is 35.8 Å². The molecule has 0 aliphatic rings. The van der Waals surface area contributed by atoms with E-state index in [1.807, 2.05) is 4.72 Å². The van der Waals surface area contributed by atoms with E-state index in [0.717, 1.165) is 18.3 Å². The molecule has 21 heavy (non-hydrogen) atoms. The lowest BCUT2D eigenvalue weighted by molar-refractivity contribution is 0.556. The monoisotopic (exact) mass is 331 g/mol. The maximum atomic E-state index is 13.5. The van der Waals surface area contributed by atoms with Crippen LogP contribution in [0.15, 0.2) is 52.5 Å². The minimum atomic E-state index is -4.38. The average molecular weight is 331 g/mol. The van der Waals surface area contributed by atoms with Gasteiger partial charge in [0.1, 0.15) is 4.90 Å². The highest BCUT2D eigenvalue weighted by atomic mass is 32.2. The maximum absolute atomic E-state index is 13.5. The molecule has 0 atom stereocenters. The second kappa shape index (κ2) is 5.39. The summed E-state index contributed by atoms with van der Waals surface area (Å²) in [4.78, 5) is 3.01. The van der Waals surface area contributed by atoms with Crippen LogP contribution in [0.2, 0.25) is 0 Å². The highest BCUT2D eigenvalue weighted by Crippen LogP contribution is 2.23. The van der Waals surface area contributed by atoms with Crippen molar-refractivity contribution < 1.29 is 21.2 Å². The highest BCUT2D eigenvalue weighted by Gasteiger charge is 2.23.